The first-order valence-electron chi connectivity index (χ1n) is 9.57. The van der Waals surface area contributed by atoms with Crippen LogP contribution >= 0.6 is 23.2 Å². The molecule has 3 rings (SSSR count). The van der Waals surface area contributed by atoms with E-state index in [4.69, 9.17) is 23.2 Å². The lowest BCUT2D eigenvalue weighted by Gasteiger charge is -2.26. The van der Waals surface area contributed by atoms with Gasteiger partial charge in [-0.3, -0.25) is 9.10 Å². The van der Waals surface area contributed by atoms with Crippen LogP contribution in [0.5, 0.6) is 0 Å². The minimum Gasteiger partial charge on any atom is -0.348 e. The molecule has 31 heavy (non-hydrogen) atoms. The van der Waals surface area contributed by atoms with E-state index in [0.717, 1.165) is 15.4 Å². The van der Waals surface area contributed by atoms with Gasteiger partial charge < -0.3 is 5.32 Å². The molecule has 0 aromatic heterocycles. The van der Waals surface area contributed by atoms with Gasteiger partial charge in [-0.1, -0.05) is 71.2 Å². The summed E-state index contributed by atoms with van der Waals surface area (Å²) in [4.78, 5) is 12.9. The van der Waals surface area contributed by atoms with E-state index in [-0.39, 0.29) is 21.6 Å². The molecule has 0 radical (unpaired) electrons. The van der Waals surface area contributed by atoms with Crippen molar-refractivity contribution < 1.29 is 13.2 Å². The summed E-state index contributed by atoms with van der Waals surface area (Å²) in [6, 6.07) is 19.8. The highest BCUT2D eigenvalue weighted by Crippen LogP contribution is 2.32. The summed E-state index contributed by atoms with van der Waals surface area (Å²) in [6.07, 6.45) is 0. The summed E-state index contributed by atoms with van der Waals surface area (Å²) >= 11 is 12.3. The Morgan fingerprint density at radius 1 is 1.00 bits per heavy atom. The third kappa shape index (κ3) is 5.58. The fourth-order valence-electron chi connectivity index (χ4n) is 3.06. The van der Waals surface area contributed by atoms with E-state index in [0.29, 0.717) is 5.02 Å². The number of benzene rings is 3. The topological polar surface area (TPSA) is 66.5 Å². The second kappa shape index (κ2) is 9.73. The van der Waals surface area contributed by atoms with Crippen LogP contribution in [0.1, 0.15) is 24.1 Å². The SMILES string of the molecule is Cc1ccc(C(C)NC(=O)CN(c2ccc(Cl)cc2Cl)S(=O)(=O)c2ccccc2)cc1. The van der Waals surface area contributed by atoms with Crippen molar-refractivity contribution in [2.75, 3.05) is 10.8 Å². The Kier molecular flexibility index (Phi) is 7.26. The molecule has 0 fully saturated rings. The van der Waals surface area contributed by atoms with Gasteiger partial charge in [0.15, 0.2) is 0 Å². The van der Waals surface area contributed by atoms with Crippen molar-refractivity contribution in [2.24, 2.45) is 0 Å². The number of aryl methyl sites for hydroxylation is 1. The fourth-order valence-corrected chi connectivity index (χ4v) is 5.08. The summed E-state index contributed by atoms with van der Waals surface area (Å²) < 4.78 is 27.7. The number of hydrogen-bond donors (Lipinski definition) is 1. The lowest BCUT2D eigenvalue weighted by atomic mass is 10.1. The molecular formula is C23H22Cl2N2O3S. The monoisotopic (exact) mass is 476 g/mol. The summed E-state index contributed by atoms with van der Waals surface area (Å²) in [5.74, 6) is -0.460. The van der Waals surface area contributed by atoms with Crippen LogP contribution in [-0.4, -0.2) is 20.9 Å². The first-order chi connectivity index (χ1) is 14.7. The fraction of sp³-hybridized carbons (Fsp3) is 0.174. The Hall–Kier alpha value is -2.54. The Morgan fingerprint density at radius 3 is 2.26 bits per heavy atom. The molecule has 5 nitrogen and oxygen atoms in total. The molecular weight excluding hydrogens is 455 g/mol. The van der Waals surface area contributed by atoms with E-state index in [9.17, 15) is 13.2 Å². The molecule has 0 heterocycles. The van der Waals surface area contributed by atoms with Crippen LogP contribution in [0.3, 0.4) is 0 Å². The first-order valence-corrected chi connectivity index (χ1v) is 11.8. The molecule has 162 valence electrons. The van der Waals surface area contributed by atoms with E-state index < -0.39 is 22.5 Å². The molecule has 3 aromatic rings. The minimum atomic E-state index is -4.05. The number of nitrogens with one attached hydrogen (secondary N) is 1. The molecule has 8 heteroatoms. The maximum absolute atomic E-state index is 13.4. The van der Waals surface area contributed by atoms with Crippen LogP contribution in [0.4, 0.5) is 5.69 Å². The van der Waals surface area contributed by atoms with Gasteiger partial charge in [0.2, 0.25) is 5.91 Å². The third-order valence-corrected chi connectivity index (χ3v) is 7.06. The Bertz CT molecular complexity index is 1170. The zero-order valence-corrected chi connectivity index (χ0v) is 19.4. The number of amides is 1. The van der Waals surface area contributed by atoms with E-state index in [2.05, 4.69) is 5.32 Å². The van der Waals surface area contributed by atoms with Gasteiger partial charge in [0, 0.05) is 5.02 Å². The number of hydrogen-bond acceptors (Lipinski definition) is 3. The largest absolute Gasteiger partial charge is 0.348 e. The Labute approximate surface area is 192 Å². The van der Waals surface area contributed by atoms with Crippen molar-refractivity contribution in [3.8, 4) is 0 Å². The highest BCUT2D eigenvalue weighted by atomic mass is 35.5. The average Bonchev–Trinajstić information content (AvgIpc) is 2.73. The van der Waals surface area contributed by atoms with Crippen LogP contribution in [-0.2, 0) is 14.8 Å². The van der Waals surface area contributed by atoms with Gasteiger partial charge in [0.25, 0.3) is 10.0 Å². The maximum atomic E-state index is 13.4. The number of sulfonamides is 1. The molecule has 0 aliphatic heterocycles. The number of nitrogens with zero attached hydrogens (tertiary/aromatic N) is 1. The summed E-state index contributed by atoms with van der Waals surface area (Å²) in [5, 5.41) is 3.35. The number of rotatable bonds is 7. The zero-order valence-electron chi connectivity index (χ0n) is 17.0. The van der Waals surface area contributed by atoms with Crippen molar-refractivity contribution in [3.63, 3.8) is 0 Å². The van der Waals surface area contributed by atoms with Crippen molar-refractivity contribution in [1.82, 2.24) is 5.32 Å². The van der Waals surface area contributed by atoms with E-state index in [1.165, 1.54) is 30.3 Å². The molecule has 0 saturated heterocycles. The first kappa shape index (κ1) is 23.1. The highest BCUT2D eigenvalue weighted by Gasteiger charge is 2.29. The normalized spacial score (nSPS) is 12.3. The molecule has 0 aliphatic carbocycles. The van der Waals surface area contributed by atoms with Gasteiger partial charge in [-0.25, -0.2) is 8.42 Å². The zero-order chi connectivity index (χ0) is 22.6. The van der Waals surface area contributed by atoms with Crippen LogP contribution in [0.2, 0.25) is 10.0 Å². The molecule has 1 amide bonds. The van der Waals surface area contributed by atoms with Crippen molar-refractivity contribution >= 4 is 44.8 Å². The lowest BCUT2D eigenvalue weighted by molar-refractivity contribution is -0.120. The maximum Gasteiger partial charge on any atom is 0.264 e. The number of anilines is 1. The second-order valence-electron chi connectivity index (χ2n) is 7.12. The van der Waals surface area contributed by atoms with Crippen LogP contribution in [0.15, 0.2) is 77.7 Å². The summed E-state index contributed by atoms with van der Waals surface area (Å²) in [5.41, 5.74) is 2.20. The molecule has 0 aliphatic rings. The second-order valence-corrected chi connectivity index (χ2v) is 9.83. The molecule has 0 spiro atoms. The van der Waals surface area contributed by atoms with E-state index in [1.807, 2.05) is 38.1 Å². The molecule has 0 saturated carbocycles. The van der Waals surface area contributed by atoms with E-state index >= 15 is 0 Å². The van der Waals surface area contributed by atoms with Crippen LogP contribution < -0.4 is 9.62 Å². The Balaban J connectivity index is 1.91. The molecule has 1 unspecified atom stereocenters. The molecule has 1 atom stereocenters. The van der Waals surface area contributed by atoms with Crippen molar-refractivity contribution in [2.45, 2.75) is 24.8 Å². The number of carbonyl (C=O) groups is 1. The van der Waals surface area contributed by atoms with Gasteiger partial charge in [-0.2, -0.15) is 0 Å². The highest BCUT2D eigenvalue weighted by molar-refractivity contribution is 7.92. The van der Waals surface area contributed by atoms with E-state index in [1.54, 1.807) is 18.2 Å². The van der Waals surface area contributed by atoms with Crippen molar-refractivity contribution in [1.29, 1.82) is 0 Å². The molecule has 3 aromatic carbocycles. The average molecular weight is 477 g/mol. The molecule has 0 bridgehead atoms. The van der Waals surface area contributed by atoms with Gasteiger partial charge >= 0.3 is 0 Å². The standard InChI is InChI=1S/C23H22Cl2N2O3S/c1-16-8-10-18(11-9-16)17(2)26-23(28)15-27(22-13-12-19(24)14-21(22)25)31(29,30)20-6-4-3-5-7-20/h3-14,17H,15H2,1-2H3,(H,26,28). The smallest absolute Gasteiger partial charge is 0.264 e. The number of carbonyl (C=O) groups excluding carboxylic acids is 1. The van der Waals surface area contributed by atoms with Gasteiger partial charge in [0.05, 0.1) is 21.6 Å². The van der Waals surface area contributed by atoms with Crippen molar-refractivity contribution in [3.05, 3.63) is 94.0 Å². The lowest BCUT2D eigenvalue weighted by Crippen LogP contribution is -2.41. The summed E-state index contributed by atoms with van der Waals surface area (Å²) in [7, 11) is -4.05. The minimum absolute atomic E-state index is 0.0559. The van der Waals surface area contributed by atoms with Crippen LogP contribution in [0.25, 0.3) is 0 Å². The van der Waals surface area contributed by atoms with Gasteiger partial charge in [-0.05, 0) is 49.7 Å². The van der Waals surface area contributed by atoms with Gasteiger partial charge in [-0.15, -0.1) is 0 Å². The Morgan fingerprint density at radius 2 is 1.65 bits per heavy atom. The molecule has 1 N–H and O–H groups in total. The predicted molar refractivity (Wildman–Crippen MR) is 125 cm³/mol. The number of halogens is 2. The quantitative estimate of drug-likeness (QED) is 0.497. The van der Waals surface area contributed by atoms with Gasteiger partial charge in [0.1, 0.15) is 6.54 Å². The summed E-state index contributed by atoms with van der Waals surface area (Å²) in [6.45, 7) is 3.39. The predicted octanol–water partition coefficient (Wildman–Crippen LogP) is 5.37. The third-order valence-electron chi connectivity index (χ3n) is 4.75. The van der Waals surface area contributed by atoms with Crippen LogP contribution in [0, 0.1) is 6.92 Å².